The zero-order chi connectivity index (χ0) is 15.4. The minimum absolute atomic E-state index is 0.0966. The number of rotatable bonds is 5. The van der Waals surface area contributed by atoms with Crippen molar-refractivity contribution in [2.24, 2.45) is 0 Å². The van der Waals surface area contributed by atoms with Crippen molar-refractivity contribution in [1.82, 2.24) is 15.5 Å². The van der Waals surface area contributed by atoms with Crippen LogP contribution in [0.15, 0.2) is 10.5 Å². The van der Waals surface area contributed by atoms with Crippen molar-refractivity contribution in [3.63, 3.8) is 0 Å². The number of carbonyl (C=O) groups is 1. The zero-order valence-corrected chi connectivity index (χ0v) is 13.5. The van der Waals surface area contributed by atoms with Gasteiger partial charge in [-0.2, -0.15) is 0 Å². The molecule has 1 fully saturated rings. The quantitative estimate of drug-likeness (QED) is 0.868. The fourth-order valence-corrected chi connectivity index (χ4v) is 3.06. The van der Waals surface area contributed by atoms with E-state index in [0.29, 0.717) is 18.6 Å². The minimum Gasteiger partial charge on any atom is -0.466 e. The van der Waals surface area contributed by atoms with Crippen LogP contribution in [-0.2, 0) is 4.79 Å². The second-order valence-corrected chi connectivity index (χ2v) is 5.98. The molecule has 5 heteroatoms. The highest BCUT2D eigenvalue weighted by Crippen LogP contribution is 2.23. The number of hydrogen-bond donors (Lipinski definition) is 2. The van der Waals surface area contributed by atoms with E-state index in [9.17, 15) is 4.79 Å². The molecular weight excluding hydrogens is 266 g/mol. The van der Waals surface area contributed by atoms with Crippen molar-refractivity contribution in [2.75, 3.05) is 26.7 Å². The third-order valence-electron chi connectivity index (χ3n) is 4.27. The lowest BCUT2D eigenvalue weighted by molar-refractivity contribution is -0.122. The molecule has 1 unspecified atom stereocenters. The Balaban J connectivity index is 1.80. The van der Waals surface area contributed by atoms with Crippen molar-refractivity contribution in [3.05, 3.63) is 23.2 Å². The Morgan fingerprint density at radius 1 is 1.43 bits per heavy atom. The predicted octanol–water partition coefficient (Wildman–Crippen LogP) is 1.76. The van der Waals surface area contributed by atoms with Crippen molar-refractivity contribution >= 4 is 5.91 Å². The Kier molecular flexibility index (Phi) is 5.42. The van der Waals surface area contributed by atoms with E-state index in [1.807, 2.05) is 13.8 Å². The average molecular weight is 293 g/mol. The van der Waals surface area contributed by atoms with Crippen molar-refractivity contribution in [3.8, 4) is 0 Å². The lowest BCUT2D eigenvalue weighted by Gasteiger charge is -2.33. The second-order valence-electron chi connectivity index (χ2n) is 5.98. The van der Waals surface area contributed by atoms with E-state index in [1.165, 1.54) is 5.56 Å². The van der Waals surface area contributed by atoms with E-state index in [0.717, 1.165) is 37.5 Å². The molecule has 0 saturated carbocycles. The summed E-state index contributed by atoms with van der Waals surface area (Å²) in [4.78, 5) is 13.6. The van der Waals surface area contributed by atoms with E-state index in [4.69, 9.17) is 4.42 Å². The van der Waals surface area contributed by atoms with Crippen LogP contribution in [0.4, 0.5) is 0 Å². The van der Waals surface area contributed by atoms with Crippen LogP contribution in [0.3, 0.4) is 0 Å². The summed E-state index contributed by atoms with van der Waals surface area (Å²) in [5, 5.41) is 6.37. The van der Waals surface area contributed by atoms with E-state index < -0.39 is 0 Å². The van der Waals surface area contributed by atoms with Gasteiger partial charge < -0.3 is 15.1 Å². The predicted molar refractivity (Wildman–Crippen MR) is 83.3 cm³/mol. The third-order valence-corrected chi connectivity index (χ3v) is 4.27. The summed E-state index contributed by atoms with van der Waals surface area (Å²) in [6.45, 7) is 8.66. The summed E-state index contributed by atoms with van der Waals surface area (Å²) < 4.78 is 5.61. The molecular formula is C16H27N3O2. The molecule has 1 aromatic heterocycles. The normalized spacial score (nSPS) is 18.7. The van der Waals surface area contributed by atoms with Gasteiger partial charge in [0.1, 0.15) is 11.5 Å². The number of amides is 1. The maximum Gasteiger partial charge on any atom is 0.233 e. The molecule has 118 valence electrons. The molecule has 21 heavy (non-hydrogen) atoms. The number of hydrogen-bond acceptors (Lipinski definition) is 4. The Morgan fingerprint density at radius 3 is 2.62 bits per heavy atom. The molecule has 0 radical (unpaired) electrons. The zero-order valence-electron chi connectivity index (χ0n) is 13.5. The fraction of sp³-hybridized carbons (Fsp3) is 0.688. The Hall–Kier alpha value is -1.33. The van der Waals surface area contributed by atoms with Gasteiger partial charge in [0.2, 0.25) is 5.91 Å². The minimum atomic E-state index is 0.0966. The lowest BCUT2D eigenvalue weighted by atomic mass is 10.0. The molecule has 1 aromatic rings. The third kappa shape index (κ3) is 4.32. The summed E-state index contributed by atoms with van der Waals surface area (Å²) in [5.41, 5.74) is 1.25. The smallest absolute Gasteiger partial charge is 0.233 e. The summed E-state index contributed by atoms with van der Waals surface area (Å²) in [6, 6.07) is 2.93. The number of aryl methyl sites for hydroxylation is 2. The maximum absolute atomic E-state index is 11.4. The number of likely N-dealkylation sites (N-methyl/N-ethyl adjacent to an activating group) is 1. The first-order valence-electron chi connectivity index (χ1n) is 7.75. The van der Waals surface area contributed by atoms with Crippen LogP contribution in [0.1, 0.15) is 42.9 Å². The van der Waals surface area contributed by atoms with Crippen LogP contribution < -0.4 is 10.6 Å². The van der Waals surface area contributed by atoms with Gasteiger partial charge >= 0.3 is 0 Å². The maximum atomic E-state index is 11.4. The molecule has 0 spiro atoms. The molecule has 1 aliphatic heterocycles. The molecule has 1 amide bonds. The van der Waals surface area contributed by atoms with Gasteiger partial charge in [0.25, 0.3) is 0 Å². The largest absolute Gasteiger partial charge is 0.466 e. The van der Waals surface area contributed by atoms with Gasteiger partial charge in [-0.25, -0.2) is 0 Å². The van der Waals surface area contributed by atoms with Gasteiger partial charge in [0.05, 0.1) is 6.54 Å². The average Bonchev–Trinajstić information content (AvgIpc) is 2.80. The molecule has 5 nitrogen and oxygen atoms in total. The van der Waals surface area contributed by atoms with Crippen LogP contribution in [0, 0.1) is 13.8 Å². The highest BCUT2D eigenvalue weighted by Gasteiger charge is 2.23. The van der Waals surface area contributed by atoms with Gasteiger partial charge in [-0.05, 0) is 39.7 Å². The van der Waals surface area contributed by atoms with Crippen LogP contribution in [-0.4, -0.2) is 43.5 Å². The first-order valence-corrected chi connectivity index (χ1v) is 7.75. The van der Waals surface area contributed by atoms with Crippen LogP contribution >= 0.6 is 0 Å². The number of nitrogens with zero attached hydrogens (tertiary/aromatic N) is 1. The van der Waals surface area contributed by atoms with Crippen LogP contribution in [0.2, 0.25) is 0 Å². The fourth-order valence-electron chi connectivity index (χ4n) is 3.06. The van der Waals surface area contributed by atoms with E-state index in [1.54, 1.807) is 7.05 Å². The summed E-state index contributed by atoms with van der Waals surface area (Å²) in [6.07, 6.45) is 2.16. The molecule has 0 aromatic carbocycles. The monoisotopic (exact) mass is 293 g/mol. The number of likely N-dealkylation sites (tertiary alicyclic amines) is 1. The second kappa shape index (κ2) is 7.09. The Morgan fingerprint density at radius 2 is 2.10 bits per heavy atom. The van der Waals surface area contributed by atoms with Gasteiger partial charge in [0.15, 0.2) is 0 Å². The molecule has 1 saturated heterocycles. The standard InChI is InChI=1S/C16H27N3O2/c1-11-9-15(13(3)21-11)12(2)18-14-5-7-19(8-6-14)10-16(20)17-4/h9,12,14,18H,5-8,10H2,1-4H3,(H,17,20). The first kappa shape index (κ1) is 16.0. The van der Waals surface area contributed by atoms with Crippen LogP contribution in [0.5, 0.6) is 0 Å². The highest BCUT2D eigenvalue weighted by atomic mass is 16.3. The molecule has 2 heterocycles. The molecule has 0 bridgehead atoms. The highest BCUT2D eigenvalue weighted by molar-refractivity contribution is 5.77. The number of furan rings is 1. The number of nitrogens with one attached hydrogen (secondary N) is 2. The van der Waals surface area contributed by atoms with Crippen molar-refractivity contribution < 1.29 is 9.21 Å². The van der Waals surface area contributed by atoms with Gasteiger partial charge in [-0.3, -0.25) is 9.69 Å². The molecule has 2 N–H and O–H groups in total. The summed E-state index contributed by atoms with van der Waals surface area (Å²) in [7, 11) is 1.69. The van der Waals surface area contributed by atoms with Crippen molar-refractivity contribution in [2.45, 2.75) is 45.7 Å². The molecule has 0 aliphatic carbocycles. The summed E-state index contributed by atoms with van der Waals surface area (Å²) >= 11 is 0. The molecule has 1 aliphatic rings. The van der Waals surface area contributed by atoms with Gasteiger partial charge in [-0.15, -0.1) is 0 Å². The van der Waals surface area contributed by atoms with E-state index in [2.05, 4.69) is 28.5 Å². The number of carbonyl (C=O) groups excluding carboxylic acids is 1. The topological polar surface area (TPSA) is 57.5 Å². The van der Waals surface area contributed by atoms with E-state index in [-0.39, 0.29) is 5.91 Å². The van der Waals surface area contributed by atoms with Crippen molar-refractivity contribution in [1.29, 1.82) is 0 Å². The van der Waals surface area contributed by atoms with Crippen LogP contribution in [0.25, 0.3) is 0 Å². The van der Waals surface area contributed by atoms with Gasteiger partial charge in [-0.1, -0.05) is 0 Å². The molecule has 1 atom stereocenters. The SMILES string of the molecule is CNC(=O)CN1CCC(NC(C)c2cc(C)oc2C)CC1. The molecule has 2 rings (SSSR count). The number of piperidine rings is 1. The van der Waals surface area contributed by atoms with Gasteiger partial charge in [0, 0.05) is 37.8 Å². The summed E-state index contributed by atoms with van der Waals surface area (Å²) in [5.74, 6) is 2.07. The Bertz CT molecular complexity index is 476. The van der Waals surface area contributed by atoms with E-state index >= 15 is 0 Å². The Labute approximate surface area is 127 Å². The first-order chi connectivity index (χ1) is 9.99. The lowest BCUT2D eigenvalue weighted by Crippen LogP contribution is -2.46.